The zero-order valence-electron chi connectivity index (χ0n) is 15.2. The molecule has 0 aromatic heterocycles. The molecule has 0 aliphatic heterocycles. The highest BCUT2D eigenvalue weighted by atomic mass is 16.5. The lowest BCUT2D eigenvalue weighted by Crippen LogP contribution is -2.24. The summed E-state index contributed by atoms with van der Waals surface area (Å²) in [4.78, 5) is 12.5. The molecule has 4 nitrogen and oxygen atoms in total. The monoisotopic (exact) mass is 341 g/mol. The van der Waals surface area contributed by atoms with Crippen LogP contribution in [0.5, 0.6) is 5.75 Å². The van der Waals surface area contributed by atoms with Crippen LogP contribution >= 0.6 is 0 Å². The Morgan fingerprint density at radius 3 is 2.44 bits per heavy atom. The topological polar surface area (TPSA) is 47.6 Å². The van der Waals surface area contributed by atoms with Crippen molar-refractivity contribution in [2.24, 2.45) is 5.92 Å². The quantitative estimate of drug-likeness (QED) is 0.744. The first kappa shape index (κ1) is 19.0. The van der Waals surface area contributed by atoms with E-state index in [4.69, 9.17) is 9.47 Å². The van der Waals surface area contributed by atoms with E-state index in [0.717, 1.165) is 23.3 Å². The summed E-state index contributed by atoms with van der Waals surface area (Å²) in [6.45, 7) is 5.87. The van der Waals surface area contributed by atoms with Gasteiger partial charge in [-0.2, -0.15) is 0 Å². The van der Waals surface area contributed by atoms with Crippen molar-refractivity contribution in [3.05, 3.63) is 65.2 Å². The SMILES string of the molecule is COCc1ccccc1C(=O)NCc1ccccc1OCCC(C)C. The maximum absolute atomic E-state index is 12.5. The van der Waals surface area contributed by atoms with Gasteiger partial charge in [0.1, 0.15) is 5.75 Å². The molecular formula is C21H27NO3. The Bertz CT molecular complexity index is 682. The molecular weight excluding hydrogens is 314 g/mol. The molecule has 1 N–H and O–H groups in total. The summed E-state index contributed by atoms with van der Waals surface area (Å²) in [6.07, 6.45) is 1.01. The van der Waals surface area contributed by atoms with Crippen LogP contribution in [-0.4, -0.2) is 19.6 Å². The third-order valence-corrected chi connectivity index (χ3v) is 3.93. The number of carbonyl (C=O) groups is 1. The molecule has 0 spiro atoms. The van der Waals surface area contributed by atoms with E-state index in [1.807, 2.05) is 48.5 Å². The van der Waals surface area contributed by atoms with Crippen molar-refractivity contribution >= 4 is 5.91 Å². The summed E-state index contributed by atoms with van der Waals surface area (Å²) < 4.78 is 11.0. The van der Waals surface area contributed by atoms with Crippen LogP contribution in [0.25, 0.3) is 0 Å². The van der Waals surface area contributed by atoms with Gasteiger partial charge in [-0.3, -0.25) is 4.79 Å². The third-order valence-electron chi connectivity index (χ3n) is 3.93. The van der Waals surface area contributed by atoms with Gasteiger partial charge in [0.15, 0.2) is 0 Å². The van der Waals surface area contributed by atoms with E-state index in [0.29, 0.717) is 31.2 Å². The summed E-state index contributed by atoms with van der Waals surface area (Å²) in [5.41, 5.74) is 2.50. The predicted molar refractivity (Wildman–Crippen MR) is 99.7 cm³/mol. The number of amides is 1. The second-order valence-electron chi connectivity index (χ2n) is 6.41. The van der Waals surface area contributed by atoms with Crippen LogP contribution in [0.2, 0.25) is 0 Å². The van der Waals surface area contributed by atoms with E-state index in [2.05, 4.69) is 19.2 Å². The average molecular weight is 341 g/mol. The van der Waals surface area contributed by atoms with Gasteiger partial charge in [-0.1, -0.05) is 50.2 Å². The highest BCUT2D eigenvalue weighted by Crippen LogP contribution is 2.19. The molecule has 0 heterocycles. The maximum atomic E-state index is 12.5. The van der Waals surface area contributed by atoms with Crippen LogP contribution in [0.4, 0.5) is 0 Å². The first-order valence-electron chi connectivity index (χ1n) is 8.67. The molecule has 0 saturated carbocycles. The van der Waals surface area contributed by atoms with Gasteiger partial charge < -0.3 is 14.8 Å². The molecule has 0 bridgehead atoms. The Morgan fingerprint density at radius 2 is 1.72 bits per heavy atom. The minimum absolute atomic E-state index is 0.107. The molecule has 0 aliphatic rings. The summed E-state index contributed by atoms with van der Waals surface area (Å²) in [7, 11) is 1.62. The fourth-order valence-electron chi connectivity index (χ4n) is 2.49. The molecule has 4 heteroatoms. The van der Waals surface area contributed by atoms with E-state index in [1.165, 1.54) is 0 Å². The number of hydrogen-bond donors (Lipinski definition) is 1. The molecule has 0 saturated heterocycles. The molecule has 2 rings (SSSR count). The van der Waals surface area contributed by atoms with Crippen molar-refractivity contribution < 1.29 is 14.3 Å². The van der Waals surface area contributed by atoms with Gasteiger partial charge in [0.25, 0.3) is 5.91 Å². The smallest absolute Gasteiger partial charge is 0.251 e. The van der Waals surface area contributed by atoms with E-state index in [-0.39, 0.29) is 5.91 Å². The number of nitrogens with one attached hydrogen (secondary N) is 1. The van der Waals surface area contributed by atoms with Crippen LogP contribution < -0.4 is 10.1 Å². The molecule has 0 unspecified atom stereocenters. The molecule has 0 atom stereocenters. The van der Waals surface area contributed by atoms with Crippen molar-refractivity contribution in [1.29, 1.82) is 0 Å². The van der Waals surface area contributed by atoms with Gasteiger partial charge in [-0.05, 0) is 30.0 Å². The van der Waals surface area contributed by atoms with E-state index in [9.17, 15) is 4.79 Å². The Morgan fingerprint density at radius 1 is 1.04 bits per heavy atom. The van der Waals surface area contributed by atoms with E-state index >= 15 is 0 Å². The van der Waals surface area contributed by atoms with Gasteiger partial charge in [0, 0.05) is 24.8 Å². The van der Waals surface area contributed by atoms with Gasteiger partial charge in [0.05, 0.1) is 13.2 Å². The Labute approximate surface area is 150 Å². The summed E-state index contributed by atoms with van der Waals surface area (Å²) in [6, 6.07) is 15.3. The van der Waals surface area contributed by atoms with Gasteiger partial charge in [0.2, 0.25) is 0 Å². The molecule has 25 heavy (non-hydrogen) atoms. The lowest BCUT2D eigenvalue weighted by Gasteiger charge is -2.14. The van der Waals surface area contributed by atoms with Crippen LogP contribution in [0.1, 0.15) is 41.8 Å². The van der Waals surface area contributed by atoms with Crippen LogP contribution in [0.15, 0.2) is 48.5 Å². The Kier molecular flexibility index (Phi) is 7.48. The number of benzene rings is 2. The second kappa shape index (κ2) is 9.84. The molecule has 0 radical (unpaired) electrons. The molecule has 2 aromatic rings. The van der Waals surface area contributed by atoms with E-state index < -0.39 is 0 Å². The van der Waals surface area contributed by atoms with Crippen LogP contribution in [-0.2, 0) is 17.9 Å². The second-order valence-corrected chi connectivity index (χ2v) is 6.41. The third kappa shape index (κ3) is 5.91. The van der Waals surface area contributed by atoms with Gasteiger partial charge in [-0.15, -0.1) is 0 Å². The molecule has 1 amide bonds. The summed E-state index contributed by atoms with van der Waals surface area (Å²) >= 11 is 0. The number of para-hydroxylation sites is 1. The van der Waals surface area contributed by atoms with Crippen LogP contribution in [0, 0.1) is 5.92 Å². The van der Waals surface area contributed by atoms with Crippen molar-refractivity contribution in [3.8, 4) is 5.75 Å². The number of rotatable bonds is 9. The van der Waals surface area contributed by atoms with Crippen LogP contribution in [0.3, 0.4) is 0 Å². The largest absolute Gasteiger partial charge is 0.493 e. The fraction of sp³-hybridized carbons (Fsp3) is 0.381. The zero-order valence-corrected chi connectivity index (χ0v) is 15.2. The number of hydrogen-bond acceptors (Lipinski definition) is 3. The summed E-state index contributed by atoms with van der Waals surface area (Å²) in [5, 5.41) is 2.98. The fourth-order valence-corrected chi connectivity index (χ4v) is 2.49. The molecule has 0 aliphatic carbocycles. The highest BCUT2D eigenvalue weighted by Gasteiger charge is 2.11. The number of methoxy groups -OCH3 is 1. The standard InChI is InChI=1S/C21H27NO3/c1-16(2)12-13-25-20-11-7-5-8-17(20)14-22-21(23)19-10-6-4-9-18(19)15-24-3/h4-11,16H,12-15H2,1-3H3,(H,22,23). The molecule has 2 aromatic carbocycles. The van der Waals surface area contributed by atoms with Crippen molar-refractivity contribution in [2.75, 3.05) is 13.7 Å². The predicted octanol–water partition coefficient (Wildman–Crippen LogP) is 4.19. The lowest BCUT2D eigenvalue weighted by atomic mass is 10.1. The van der Waals surface area contributed by atoms with E-state index in [1.54, 1.807) is 7.11 Å². The Hall–Kier alpha value is -2.33. The maximum Gasteiger partial charge on any atom is 0.251 e. The molecule has 134 valence electrons. The van der Waals surface area contributed by atoms with Gasteiger partial charge in [-0.25, -0.2) is 0 Å². The Balaban J connectivity index is 2.00. The normalized spacial score (nSPS) is 10.7. The van der Waals surface area contributed by atoms with Gasteiger partial charge >= 0.3 is 0 Å². The molecule has 0 fully saturated rings. The number of carbonyl (C=O) groups excluding carboxylic acids is 1. The van der Waals surface area contributed by atoms with Crippen molar-refractivity contribution in [1.82, 2.24) is 5.32 Å². The minimum Gasteiger partial charge on any atom is -0.493 e. The average Bonchev–Trinajstić information content (AvgIpc) is 2.61. The highest BCUT2D eigenvalue weighted by molar-refractivity contribution is 5.95. The summed E-state index contributed by atoms with van der Waals surface area (Å²) in [5.74, 6) is 1.32. The van der Waals surface area contributed by atoms with Crippen molar-refractivity contribution in [3.63, 3.8) is 0 Å². The van der Waals surface area contributed by atoms with Crippen molar-refractivity contribution in [2.45, 2.75) is 33.4 Å². The lowest BCUT2D eigenvalue weighted by molar-refractivity contribution is 0.0945. The minimum atomic E-state index is -0.107. The zero-order chi connectivity index (χ0) is 18.1. The first-order valence-corrected chi connectivity index (χ1v) is 8.67. The number of ether oxygens (including phenoxy) is 2. The first-order chi connectivity index (χ1) is 12.1.